The van der Waals surface area contributed by atoms with Crippen molar-refractivity contribution >= 4 is 50.8 Å². The molecule has 5 rings (SSSR count). The van der Waals surface area contributed by atoms with Gasteiger partial charge in [0, 0.05) is 18.3 Å². The van der Waals surface area contributed by atoms with Crippen molar-refractivity contribution in [3.8, 4) is 5.75 Å². The van der Waals surface area contributed by atoms with Gasteiger partial charge in [-0.2, -0.15) is 0 Å². The number of amides is 2. The second-order valence-corrected chi connectivity index (χ2v) is 10.3. The number of methoxy groups -OCH3 is 1. The maximum Gasteiger partial charge on any atom is 0.263 e. The Morgan fingerprint density at radius 1 is 1.25 bits per heavy atom. The molecule has 3 aromatic heterocycles. The van der Waals surface area contributed by atoms with Crippen molar-refractivity contribution in [2.24, 2.45) is 0 Å². The summed E-state index contributed by atoms with van der Waals surface area (Å²) >= 11 is 2.63. The number of furan rings is 1. The van der Waals surface area contributed by atoms with Crippen LogP contribution >= 0.6 is 23.1 Å². The standard InChI is InChI=1S/C25H24N4O5S2/c1-15(30)28-10-9-17-20(13-28)36-23-22(17)24(32)29(12-16-6-5-11-34-16)25(27-23)35-14-21(31)26-18-7-3-4-8-19(18)33-2/h3-8,11H,9-10,12-14H2,1-2H3,(H,26,31). The molecule has 186 valence electrons. The summed E-state index contributed by atoms with van der Waals surface area (Å²) in [6, 6.07) is 10.7. The molecule has 1 N–H and O–H groups in total. The Balaban J connectivity index is 1.47. The molecule has 4 aromatic rings. The number of rotatable bonds is 7. The van der Waals surface area contributed by atoms with E-state index < -0.39 is 0 Å². The van der Waals surface area contributed by atoms with Crippen LogP contribution in [0, 0.1) is 0 Å². The number of hydrogen-bond acceptors (Lipinski definition) is 8. The van der Waals surface area contributed by atoms with Crippen LogP contribution in [0.25, 0.3) is 10.2 Å². The molecule has 0 unspecified atom stereocenters. The first-order valence-corrected chi connectivity index (χ1v) is 13.1. The van der Waals surface area contributed by atoms with Crippen LogP contribution in [-0.2, 0) is 29.1 Å². The molecule has 0 saturated carbocycles. The molecule has 11 heteroatoms. The molecule has 0 bridgehead atoms. The van der Waals surface area contributed by atoms with Crippen molar-refractivity contribution in [2.75, 3.05) is 24.7 Å². The van der Waals surface area contributed by atoms with Crippen LogP contribution in [0.15, 0.2) is 57.0 Å². The van der Waals surface area contributed by atoms with Crippen LogP contribution in [0.4, 0.5) is 5.69 Å². The second-order valence-electron chi connectivity index (χ2n) is 8.28. The van der Waals surface area contributed by atoms with Crippen LogP contribution in [0.5, 0.6) is 5.75 Å². The van der Waals surface area contributed by atoms with Gasteiger partial charge in [-0.15, -0.1) is 11.3 Å². The lowest BCUT2D eigenvalue weighted by molar-refractivity contribution is -0.129. The van der Waals surface area contributed by atoms with E-state index in [2.05, 4.69) is 5.32 Å². The third-order valence-corrected chi connectivity index (χ3v) is 8.07. The van der Waals surface area contributed by atoms with E-state index >= 15 is 0 Å². The molecule has 0 spiro atoms. The lowest BCUT2D eigenvalue weighted by atomic mass is 10.1. The summed E-state index contributed by atoms with van der Waals surface area (Å²) < 4.78 is 12.4. The lowest BCUT2D eigenvalue weighted by Crippen LogP contribution is -2.34. The summed E-state index contributed by atoms with van der Waals surface area (Å²) in [5.74, 6) is 1.00. The molecule has 0 aliphatic carbocycles. The maximum atomic E-state index is 13.7. The van der Waals surface area contributed by atoms with E-state index in [9.17, 15) is 14.4 Å². The largest absolute Gasteiger partial charge is 0.495 e. The molecule has 9 nitrogen and oxygen atoms in total. The van der Waals surface area contributed by atoms with E-state index in [1.54, 1.807) is 54.0 Å². The molecule has 36 heavy (non-hydrogen) atoms. The fourth-order valence-corrected chi connectivity index (χ4v) is 6.27. The number of benzene rings is 1. The average Bonchev–Trinajstić information content (AvgIpc) is 3.52. The zero-order valence-corrected chi connectivity index (χ0v) is 21.4. The van der Waals surface area contributed by atoms with Gasteiger partial charge >= 0.3 is 0 Å². The third kappa shape index (κ3) is 4.76. The fraction of sp³-hybridized carbons (Fsp3) is 0.280. The van der Waals surface area contributed by atoms with Gasteiger partial charge in [-0.1, -0.05) is 23.9 Å². The number of carbonyl (C=O) groups is 2. The number of carbonyl (C=O) groups excluding carboxylic acids is 2. The molecule has 0 atom stereocenters. The number of hydrogen-bond donors (Lipinski definition) is 1. The molecule has 0 saturated heterocycles. The Morgan fingerprint density at radius 3 is 2.83 bits per heavy atom. The van der Waals surface area contributed by atoms with Crippen LogP contribution in [0.3, 0.4) is 0 Å². The van der Waals surface area contributed by atoms with Crippen molar-refractivity contribution < 1.29 is 18.7 Å². The molecule has 2 amide bonds. The first kappa shape index (κ1) is 24.1. The smallest absolute Gasteiger partial charge is 0.263 e. The Kier molecular flexibility index (Phi) is 6.84. The number of thioether (sulfide) groups is 1. The van der Waals surface area contributed by atoms with Crippen LogP contribution < -0.4 is 15.6 Å². The Hall–Kier alpha value is -3.57. The SMILES string of the molecule is COc1ccccc1NC(=O)CSc1nc2sc3c(c2c(=O)n1Cc1ccco1)CCN(C(C)=O)C3. The topological polar surface area (TPSA) is 107 Å². The van der Waals surface area contributed by atoms with Crippen molar-refractivity contribution in [1.29, 1.82) is 0 Å². The van der Waals surface area contributed by atoms with E-state index in [4.69, 9.17) is 14.1 Å². The zero-order valence-electron chi connectivity index (χ0n) is 19.8. The number of nitrogens with one attached hydrogen (secondary N) is 1. The summed E-state index contributed by atoms with van der Waals surface area (Å²) in [6.07, 6.45) is 2.17. The minimum Gasteiger partial charge on any atom is -0.495 e. The van der Waals surface area contributed by atoms with Gasteiger partial charge in [-0.05, 0) is 36.2 Å². The summed E-state index contributed by atoms with van der Waals surface area (Å²) in [7, 11) is 1.54. The van der Waals surface area contributed by atoms with Gasteiger partial charge in [0.1, 0.15) is 16.3 Å². The molecule has 0 fully saturated rings. The van der Waals surface area contributed by atoms with E-state index in [0.717, 1.165) is 10.4 Å². The molecular weight excluding hydrogens is 500 g/mol. The van der Waals surface area contributed by atoms with Gasteiger partial charge in [-0.25, -0.2) is 4.98 Å². The van der Waals surface area contributed by atoms with Crippen LogP contribution in [0.2, 0.25) is 0 Å². The van der Waals surface area contributed by atoms with Gasteiger partial charge in [0.05, 0.1) is 43.3 Å². The van der Waals surface area contributed by atoms with Gasteiger partial charge in [0.15, 0.2) is 5.16 Å². The van der Waals surface area contributed by atoms with Crippen LogP contribution in [0.1, 0.15) is 23.1 Å². The summed E-state index contributed by atoms with van der Waals surface area (Å²) in [5, 5.41) is 3.87. The Labute approximate surface area is 215 Å². The number of para-hydroxylation sites is 2. The molecule has 0 radical (unpaired) electrons. The van der Waals surface area contributed by atoms with Crippen molar-refractivity contribution in [1.82, 2.24) is 14.5 Å². The highest BCUT2D eigenvalue weighted by Gasteiger charge is 2.26. The van der Waals surface area contributed by atoms with Gasteiger partial charge in [0.2, 0.25) is 11.8 Å². The summed E-state index contributed by atoms with van der Waals surface area (Å²) in [4.78, 5) is 46.5. The Bertz CT molecular complexity index is 1490. The summed E-state index contributed by atoms with van der Waals surface area (Å²) in [5.41, 5.74) is 1.37. The molecule has 1 aromatic carbocycles. The van der Waals surface area contributed by atoms with E-state index in [-0.39, 0.29) is 29.7 Å². The molecular formula is C25H24N4O5S2. The zero-order chi connectivity index (χ0) is 25.2. The Morgan fingerprint density at radius 2 is 2.08 bits per heavy atom. The first-order chi connectivity index (χ1) is 17.4. The van der Waals surface area contributed by atoms with Gasteiger partial charge < -0.3 is 19.4 Å². The minimum atomic E-state index is -0.244. The van der Waals surface area contributed by atoms with Crippen molar-refractivity contribution in [3.63, 3.8) is 0 Å². The number of nitrogens with zero attached hydrogens (tertiary/aromatic N) is 3. The molecule has 4 heterocycles. The highest BCUT2D eigenvalue weighted by molar-refractivity contribution is 7.99. The number of aromatic nitrogens is 2. The predicted molar refractivity (Wildman–Crippen MR) is 139 cm³/mol. The van der Waals surface area contributed by atoms with Gasteiger partial charge in [0.25, 0.3) is 5.56 Å². The normalized spacial score (nSPS) is 13.0. The van der Waals surface area contributed by atoms with E-state index in [0.29, 0.717) is 52.1 Å². The maximum absolute atomic E-state index is 13.7. The van der Waals surface area contributed by atoms with Crippen molar-refractivity contribution in [2.45, 2.75) is 31.6 Å². The van der Waals surface area contributed by atoms with E-state index in [1.807, 2.05) is 12.1 Å². The second kappa shape index (κ2) is 10.2. The number of fused-ring (bicyclic) bond motifs is 3. The van der Waals surface area contributed by atoms with Crippen LogP contribution in [-0.4, -0.2) is 45.7 Å². The van der Waals surface area contributed by atoms with E-state index in [1.165, 1.54) is 23.1 Å². The quantitative estimate of drug-likeness (QED) is 0.290. The third-order valence-electron chi connectivity index (χ3n) is 5.98. The first-order valence-electron chi connectivity index (χ1n) is 11.3. The average molecular weight is 525 g/mol. The van der Waals surface area contributed by atoms with Crippen molar-refractivity contribution in [3.05, 3.63) is 69.2 Å². The highest BCUT2D eigenvalue weighted by atomic mass is 32.2. The highest BCUT2D eigenvalue weighted by Crippen LogP contribution is 2.34. The number of ether oxygens (including phenoxy) is 1. The van der Waals surface area contributed by atoms with Gasteiger partial charge in [-0.3, -0.25) is 19.0 Å². The fourth-order valence-electron chi connectivity index (χ4n) is 4.20. The molecule has 1 aliphatic heterocycles. The summed E-state index contributed by atoms with van der Waals surface area (Å²) in [6.45, 7) is 2.81. The monoisotopic (exact) mass is 524 g/mol. The number of anilines is 1. The predicted octanol–water partition coefficient (Wildman–Crippen LogP) is 3.74. The molecule has 1 aliphatic rings. The minimum absolute atomic E-state index is 0.0126. The lowest BCUT2D eigenvalue weighted by Gasteiger charge is -2.25. The number of thiophene rings is 1.